The zero-order valence-electron chi connectivity index (χ0n) is 11.9. The van der Waals surface area contributed by atoms with Crippen LogP contribution in [0.2, 0.25) is 0 Å². The Morgan fingerprint density at radius 2 is 1.64 bits per heavy atom. The van der Waals surface area contributed by atoms with Gasteiger partial charge in [0.15, 0.2) is 0 Å². The number of benzene rings is 2. The Kier molecular flexibility index (Phi) is 3.39. The number of nitrogens with one attached hydrogen (secondary N) is 1. The molecule has 3 aromatic rings. The summed E-state index contributed by atoms with van der Waals surface area (Å²) in [5.74, 6) is 0.363. The third-order valence-electron chi connectivity index (χ3n) is 3.42. The monoisotopic (exact) mass is 294 g/mol. The Morgan fingerprint density at radius 1 is 0.955 bits per heavy atom. The SMILES string of the molecule is Cc1cc(-c2cc(-c3ccc(O)cc3)[nH]c(=O)n2)ccc1O. The number of aromatic hydroxyl groups is 2. The van der Waals surface area contributed by atoms with Crippen molar-refractivity contribution in [2.24, 2.45) is 0 Å². The number of hydrogen-bond acceptors (Lipinski definition) is 4. The molecule has 0 saturated heterocycles. The molecule has 3 rings (SSSR count). The molecule has 0 spiro atoms. The minimum Gasteiger partial charge on any atom is -0.508 e. The Hall–Kier alpha value is -3.08. The molecule has 1 heterocycles. The molecule has 0 fully saturated rings. The number of aromatic nitrogens is 2. The number of H-pyrrole nitrogens is 1. The highest BCUT2D eigenvalue weighted by molar-refractivity contribution is 5.68. The first-order valence-corrected chi connectivity index (χ1v) is 6.74. The van der Waals surface area contributed by atoms with Crippen LogP contribution in [0.1, 0.15) is 5.56 Å². The van der Waals surface area contributed by atoms with Gasteiger partial charge in [0.05, 0.1) is 11.4 Å². The molecule has 3 N–H and O–H groups in total. The van der Waals surface area contributed by atoms with Crippen LogP contribution in [0.15, 0.2) is 53.3 Å². The van der Waals surface area contributed by atoms with Crippen LogP contribution in [0.3, 0.4) is 0 Å². The Labute approximate surface area is 126 Å². The van der Waals surface area contributed by atoms with Gasteiger partial charge in [-0.2, -0.15) is 4.98 Å². The number of phenols is 2. The fourth-order valence-corrected chi connectivity index (χ4v) is 2.22. The summed E-state index contributed by atoms with van der Waals surface area (Å²) in [4.78, 5) is 18.5. The van der Waals surface area contributed by atoms with E-state index in [9.17, 15) is 15.0 Å². The fraction of sp³-hybridized carbons (Fsp3) is 0.0588. The largest absolute Gasteiger partial charge is 0.508 e. The molecule has 110 valence electrons. The van der Waals surface area contributed by atoms with E-state index < -0.39 is 5.69 Å². The van der Waals surface area contributed by atoms with Gasteiger partial charge in [0.2, 0.25) is 0 Å². The molecular formula is C17H14N2O3. The van der Waals surface area contributed by atoms with E-state index in [1.165, 1.54) is 0 Å². The maximum atomic E-state index is 11.8. The van der Waals surface area contributed by atoms with Crippen LogP contribution in [0.5, 0.6) is 11.5 Å². The maximum absolute atomic E-state index is 11.8. The lowest BCUT2D eigenvalue weighted by Crippen LogP contribution is -2.11. The first kappa shape index (κ1) is 13.9. The average Bonchev–Trinajstić information content (AvgIpc) is 2.50. The summed E-state index contributed by atoms with van der Waals surface area (Å²) in [7, 11) is 0. The van der Waals surface area contributed by atoms with Crippen molar-refractivity contribution in [3.8, 4) is 34.0 Å². The van der Waals surface area contributed by atoms with Crippen LogP contribution in [-0.2, 0) is 0 Å². The van der Waals surface area contributed by atoms with Crippen molar-refractivity contribution in [1.29, 1.82) is 0 Å². The molecule has 0 aliphatic rings. The third-order valence-corrected chi connectivity index (χ3v) is 3.42. The molecule has 0 atom stereocenters. The standard InChI is InChI=1S/C17H14N2O3/c1-10-8-12(4-7-16(10)21)15-9-14(18-17(22)19-15)11-2-5-13(20)6-3-11/h2-9,20-21H,1H3,(H,18,19,22). The Bertz CT molecular complexity index is 883. The predicted molar refractivity (Wildman–Crippen MR) is 83.8 cm³/mol. The normalized spacial score (nSPS) is 10.6. The molecular weight excluding hydrogens is 280 g/mol. The van der Waals surface area contributed by atoms with Crippen molar-refractivity contribution in [2.45, 2.75) is 6.92 Å². The quantitative estimate of drug-likeness (QED) is 0.678. The van der Waals surface area contributed by atoms with Crippen LogP contribution in [-0.4, -0.2) is 20.2 Å². The van der Waals surface area contributed by atoms with E-state index in [1.54, 1.807) is 55.5 Å². The van der Waals surface area contributed by atoms with Gasteiger partial charge in [-0.1, -0.05) is 0 Å². The van der Waals surface area contributed by atoms with Crippen molar-refractivity contribution in [3.05, 3.63) is 64.6 Å². The van der Waals surface area contributed by atoms with Gasteiger partial charge in [-0.25, -0.2) is 4.79 Å². The minimum absolute atomic E-state index is 0.162. The number of phenolic OH excluding ortho intramolecular Hbond substituents is 2. The van der Waals surface area contributed by atoms with E-state index in [4.69, 9.17) is 0 Å². The second kappa shape index (κ2) is 5.37. The highest BCUT2D eigenvalue weighted by Gasteiger charge is 2.07. The second-order valence-corrected chi connectivity index (χ2v) is 5.03. The summed E-state index contributed by atoms with van der Waals surface area (Å²) < 4.78 is 0. The summed E-state index contributed by atoms with van der Waals surface area (Å²) >= 11 is 0. The number of aryl methyl sites for hydroxylation is 1. The molecule has 0 aliphatic carbocycles. The molecule has 0 unspecified atom stereocenters. The molecule has 0 bridgehead atoms. The van der Waals surface area contributed by atoms with Gasteiger partial charge in [0, 0.05) is 5.56 Å². The summed E-state index contributed by atoms with van der Waals surface area (Å²) in [6.45, 7) is 1.78. The van der Waals surface area contributed by atoms with Gasteiger partial charge >= 0.3 is 5.69 Å². The van der Waals surface area contributed by atoms with Crippen LogP contribution >= 0.6 is 0 Å². The highest BCUT2D eigenvalue weighted by Crippen LogP contribution is 2.26. The lowest BCUT2D eigenvalue weighted by molar-refractivity contribution is 0.471. The summed E-state index contributed by atoms with van der Waals surface area (Å²) in [5, 5.41) is 18.9. The van der Waals surface area contributed by atoms with E-state index in [-0.39, 0.29) is 11.5 Å². The van der Waals surface area contributed by atoms with Crippen LogP contribution in [0.4, 0.5) is 0 Å². The number of hydrogen-bond donors (Lipinski definition) is 3. The van der Waals surface area contributed by atoms with Crippen LogP contribution in [0.25, 0.3) is 22.5 Å². The van der Waals surface area contributed by atoms with Crippen molar-refractivity contribution < 1.29 is 10.2 Å². The minimum atomic E-state index is -0.452. The van der Waals surface area contributed by atoms with Crippen LogP contribution < -0.4 is 5.69 Å². The smallest absolute Gasteiger partial charge is 0.345 e. The molecule has 22 heavy (non-hydrogen) atoms. The average molecular weight is 294 g/mol. The first-order valence-electron chi connectivity index (χ1n) is 6.74. The third kappa shape index (κ3) is 2.69. The van der Waals surface area contributed by atoms with Gasteiger partial charge < -0.3 is 15.2 Å². The second-order valence-electron chi connectivity index (χ2n) is 5.03. The van der Waals surface area contributed by atoms with Crippen molar-refractivity contribution in [2.75, 3.05) is 0 Å². The lowest BCUT2D eigenvalue weighted by atomic mass is 10.1. The van der Waals surface area contributed by atoms with E-state index in [0.29, 0.717) is 17.0 Å². The topological polar surface area (TPSA) is 86.2 Å². The first-order chi connectivity index (χ1) is 10.5. The van der Waals surface area contributed by atoms with E-state index in [1.807, 2.05) is 0 Å². The molecule has 5 nitrogen and oxygen atoms in total. The molecule has 0 saturated carbocycles. The van der Waals surface area contributed by atoms with Crippen molar-refractivity contribution >= 4 is 0 Å². The van der Waals surface area contributed by atoms with Gasteiger partial charge in [-0.05, 0) is 66.6 Å². The molecule has 5 heteroatoms. The summed E-state index contributed by atoms with van der Waals surface area (Å²) in [6.07, 6.45) is 0. The zero-order valence-corrected chi connectivity index (χ0v) is 11.9. The number of nitrogens with zero attached hydrogens (tertiary/aromatic N) is 1. The Balaban J connectivity index is 2.12. The summed E-state index contributed by atoms with van der Waals surface area (Å²) in [6, 6.07) is 13.4. The molecule has 0 aliphatic heterocycles. The van der Waals surface area contributed by atoms with Crippen molar-refractivity contribution in [3.63, 3.8) is 0 Å². The van der Waals surface area contributed by atoms with Gasteiger partial charge in [0.1, 0.15) is 11.5 Å². The van der Waals surface area contributed by atoms with E-state index >= 15 is 0 Å². The van der Waals surface area contributed by atoms with Gasteiger partial charge in [-0.3, -0.25) is 0 Å². The number of rotatable bonds is 2. The van der Waals surface area contributed by atoms with E-state index in [2.05, 4.69) is 9.97 Å². The van der Waals surface area contributed by atoms with Gasteiger partial charge in [0.25, 0.3) is 0 Å². The zero-order chi connectivity index (χ0) is 15.7. The van der Waals surface area contributed by atoms with Gasteiger partial charge in [-0.15, -0.1) is 0 Å². The molecule has 0 amide bonds. The lowest BCUT2D eigenvalue weighted by Gasteiger charge is -2.07. The van der Waals surface area contributed by atoms with E-state index in [0.717, 1.165) is 11.1 Å². The molecule has 2 aromatic carbocycles. The Morgan fingerprint density at radius 3 is 2.32 bits per heavy atom. The maximum Gasteiger partial charge on any atom is 0.345 e. The number of aromatic amines is 1. The van der Waals surface area contributed by atoms with Crippen molar-refractivity contribution in [1.82, 2.24) is 9.97 Å². The molecule has 1 aromatic heterocycles. The van der Waals surface area contributed by atoms with Crippen LogP contribution in [0, 0.1) is 6.92 Å². The predicted octanol–water partition coefficient (Wildman–Crippen LogP) is 2.82. The summed E-state index contributed by atoms with van der Waals surface area (Å²) in [5.41, 5.74) is 2.92. The molecule has 0 radical (unpaired) electrons. The highest BCUT2D eigenvalue weighted by atomic mass is 16.3. The fourth-order valence-electron chi connectivity index (χ4n) is 2.22.